The second-order valence-electron chi connectivity index (χ2n) is 2.02. The zero-order valence-corrected chi connectivity index (χ0v) is 7.38. The van der Waals surface area contributed by atoms with Gasteiger partial charge in [0, 0.05) is 0 Å². The van der Waals surface area contributed by atoms with Gasteiger partial charge in [-0.2, -0.15) is 4.39 Å². The van der Waals surface area contributed by atoms with Crippen molar-refractivity contribution in [1.82, 2.24) is 0 Å². The Bertz CT molecular complexity index is 219. The van der Waals surface area contributed by atoms with Gasteiger partial charge in [-0.05, 0) is 5.56 Å². The van der Waals surface area contributed by atoms with Crippen LogP contribution in [0.2, 0.25) is 0 Å². The van der Waals surface area contributed by atoms with Gasteiger partial charge in [0.1, 0.15) is 0 Å². The van der Waals surface area contributed by atoms with Gasteiger partial charge >= 0.3 is 6.04 Å². The molecule has 1 rings (SSSR count). The van der Waals surface area contributed by atoms with Gasteiger partial charge in [-0.25, -0.2) is 0 Å². The molecule has 66 valence electrons. The summed E-state index contributed by atoms with van der Waals surface area (Å²) in [6.45, 7) is 4.00. The predicted octanol–water partition coefficient (Wildman–Crippen LogP) is 2.75. The molecule has 0 radical (unpaired) electrons. The van der Waals surface area contributed by atoms with E-state index < -0.39 is 6.04 Å². The number of benzene rings is 1. The number of hydrogen-bond donors (Lipinski definition) is 0. The Hall–Kier alpha value is -1.18. The minimum Gasteiger partial charge on any atom is -0.261 e. The van der Waals surface area contributed by atoms with Crippen molar-refractivity contribution in [3.05, 3.63) is 35.9 Å². The quantitative estimate of drug-likeness (QED) is 0.620. The largest absolute Gasteiger partial charge is 0.305 e. The van der Waals surface area contributed by atoms with Crippen LogP contribution in [0.25, 0.3) is 0 Å². The fraction of sp³-hybridized carbons (Fsp3) is 0.300. The van der Waals surface area contributed by atoms with E-state index in [1.807, 2.05) is 19.9 Å². The summed E-state index contributed by atoms with van der Waals surface area (Å²) < 4.78 is 11.7. The van der Waals surface area contributed by atoms with E-state index in [-0.39, 0.29) is 6.42 Å². The summed E-state index contributed by atoms with van der Waals surface area (Å²) in [5, 5.41) is 0. The first-order valence-corrected chi connectivity index (χ1v) is 4.01. The Balaban J connectivity index is 0.000000561. The molecule has 0 amide bonds. The summed E-state index contributed by atoms with van der Waals surface area (Å²) in [6.07, 6.45) is -0.110. The van der Waals surface area contributed by atoms with Crippen molar-refractivity contribution in [2.24, 2.45) is 0 Å². The topological polar surface area (TPSA) is 17.1 Å². The Morgan fingerprint density at radius 3 is 2.17 bits per heavy atom. The van der Waals surface area contributed by atoms with E-state index in [4.69, 9.17) is 0 Å². The Morgan fingerprint density at radius 1 is 1.25 bits per heavy atom. The SMILES string of the molecule is CC.O=C(F)Cc1ccccc1. The van der Waals surface area contributed by atoms with Crippen molar-refractivity contribution >= 4 is 6.04 Å². The van der Waals surface area contributed by atoms with Crippen LogP contribution in [0.1, 0.15) is 19.4 Å². The summed E-state index contributed by atoms with van der Waals surface area (Å²) in [6, 6.07) is 7.53. The van der Waals surface area contributed by atoms with Crippen molar-refractivity contribution in [1.29, 1.82) is 0 Å². The smallest absolute Gasteiger partial charge is 0.261 e. The highest BCUT2D eigenvalue weighted by Crippen LogP contribution is 1.99. The van der Waals surface area contributed by atoms with E-state index in [2.05, 4.69) is 0 Å². The number of carbonyl (C=O) groups is 1. The monoisotopic (exact) mass is 168 g/mol. The Morgan fingerprint density at radius 2 is 1.75 bits per heavy atom. The molecule has 0 saturated carbocycles. The lowest BCUT2D eigenvalue weighted by atomic mass is 10.2. The fourth-order valence-electron chi connectivity index (χ4n) is 0.756. The average Bonchev–Trinajstić information content (AvgIpc) is 2.08. The summed E-state index contributed by atoms with van der Waals surface area (Å²) >= 11 is 0. The maximum atomic E-state index is 11.7. The second kappa shape index (κ2) is 6.53. The molecule has 1 nitrogen and oxygen atoms in total. The molecule has 0 bridgehead atoms. The van der Waals surface area contributed by atoms with E-state index in [0.717, 1.165) is 5.56 Å². The van der Waals surface area contributed by atoms with Gasteiger partial charge in [0.2, 0.25) is 0 Å². The molecule has 0 saturated heterocycles. The first kappa shape index (κ1) is 10.8. The average molecular weight is 168 g/mol. The van der Waals surface area contributed by atoms with E-state index in [1.54, 1.807) is 24.3 Å². The summed E-state index contributed by atoms with van der Waals surface area (Å²) in [7, 11) is 0. The molecule has 0 aliphatic carbocycles. The predicted molar refractivity (Wildman–Crippen MR) is 47.6 cm³/mol. The molecule has 0 unspecified atom stereocenters. The third-order valence-corrected chi connectivity index (χ3v) is 1.19. The van der Waals surface area contributed by atoms with E-state index in [0.29, 0.717) is 0 Å². The minimum atomic E-state index is -1.29. The lowest BCUT2D eigenvalue weighted by Crippen LogP contribution is -1.92. The second-order valence-corrected chi connectivity index (χ2v) is 2.02. The summed E-state index contributed by atoms with van der Waals surface area (Å²) in [5.41, 5.74) is 0.718. The first-order chi connectivity index (χ1) is 5.79. The van der Waals surface area contributed by atoms with Crippen LogP contribution in [0.15, 0.2) is 30.3 Å². The highest BCUT2D eigenvalue weighted by Gasteiger charge is 1.97. The third-order valence-electron chi connectivity index (χ3n) is 1.19. The van der Waals surface area contributed by atoms with Crippen molar-refractivity contribution in [3.8, 4) is 0 Å². The van der Waals surface area contributed by atoms with E-state index in [1.165, 1.54) is 0 Å². The van der Waals surface area contributed by atoms with Crippen molar-refractivity contribution in [3.63, 3.8) is 0 Å². The van der Waals surface area contributed by atoms with Crippen molar-refractivity contribution < 1.29 is 9.18 Å². The normalized spacial score (nSPS) is 8.25. The number of rotatable bonds is 2. The highest BCUT2D eigenvalue weighted by molar-refractivity contribution is 5.71. The molecule has 0 fully saturated rings. The van der Waals surface area contributed by atoms with Crippen LogP contribution in [0, 0.1) is 0 Å². The molecule has 0 heterocycles. The Kier molecular flexibility index (Phi) is 5.88. The molecule has 1 aromatic carbocycles. The van der Waals surface area contributed by atoms with Gasteiger partial charge in [-0.1, -0.05) is 44.2 Å². The minimum absolute atomic E-state index is 0.110. The lowest BCUT2D eigenvalue weighted by molar-refractivity contribution is -0.128. The third kappa shape index (κ3) is 4.61. The zero-order chi connectivity index (χ0) is 9.40. The lowest BCUT2D eigenvalue weighted by Gasteiger charge is -1.91. The molecule has 0 aromatic heterocycles. The van der Waals surface area contributed by atoms with Crippen LogP contribution in [-0.4, -0.2) is 6.04 Å². The van der Waals surface area contributed by atoms with Crippen molar-refractivity contribution in [2.75, 3.05) is 0 Å². The van der Waals surface area contributed by atoms with Gasteiger partial charge in [0.05, 0.1) is 6.42 Å². The first-order valence-electron chi connectivity index (χ1n) is 4.01. The zero-order valence-electron chi connectivity index (χ0n) is 7.38. The van der Waals surface area contributed by atoms with Gasteiger partial charge in [0.25, 0.3) is 0 Å². The molecule has 0 aliphatic heterocycles. The van der Waals surface area contributed by atoms with Gasteiger partial charge in [-0.3, -0.25) is 4.79 Å². The van der Waals surface area contributed by atoms with Gasteiger partial charge in [0.15, 0.2) is 0 Å². The molecular formula is C10H13FO. The maximum absolute atomic E-state index is 11.7. The van der Waals surface area contributed by atoms with Crippen molar-refractivity contribution in [2.45, 2.75) is 20.3 Å². The summed E-state index contributed by atoms with van der Waals surface area (Å²) in [5.74, 6) is 0. The number of hydrogen-bond acceptors (Lipinski definition) is 1. The maximum Gasteiger partial charge on any atom is 0.305 e. The molecular weight excluding hydrogens is 155 g/mol. The standard InChI is InChI=1S/C8H7FO.C2H6/c9-8(10)6-7-4-2-1-3-5-7;1-2/h1-5H,6H2;1-2H3. The van der Waals surface area contributed by atoms with Crippen LogP contribution in [-0.2, 0) is 11.2 Å². The van der Waals surface area contributed by atoms with Crippen LogP contribution >= 0.6 is 0 Å². The number of carbonyl (C=O) groups excluding carboxylic acids is 1. The van der Waals surface area contributed by atoms with Crippen LogP contribution in [0.3, 0.4) is 0 Å². The Labute approximate surface area is 72.2 Å². The highest BCUT2D eigenvalue weighted by atomic mass is 19.1. The molecule has 0 aliphatic rings. The molecule has 0 atom stereocenters. The van der Waals surface area contributed by atoms with Gasteiger partial charge in [-0.15, -0.1) is 0 Å². The van der Waals surface area contributed by atoms with Crippen LogP contribution in [0.5, 0.6) is 0 Å². The molecule has 0 N–H and O–H groups in total. The molecule has 12 heavy (non-hydrogen) atoms. The molecule has 0 spiro atoms. The van der Waals surface area contributed by atoms with Crippen LogP contribution < -0.4 is 0 Å². The van der Waals surface area contributed by atoms with E-state index >= 15 is 0 Å². The van der Waals surface area contributed by atoms with Crippen LogP contribution in [0.4, 0.5) is 4.39 Å². The fourth-order valence-corrected chi connectivity index (χ4v) is 0.756. The molecule has 2 heteroatoms. The summed E-state index contributed by atoms with van der Waals surface area (Å²) in [4.78, 5) is 9.95. The van der Waals surface area contributed by atoms with E-state index in [9.17, 15) is 9.18 Å². The molecule has 1 aromatic rings. The number of halogens is 1. The van der Waals surface area contributed by atoms with Gasteiger partial charge < -0.3 is 0 Å².